The number of piperidine rings is 1. The summed E-state index contributed by atoms with van der Waals surface area (Å²) in [5.41, 5.74) is 1.83. The molecule has 3 N–H and O–H groups in total. The zero-order valence-corrected chi connectivity index (χ0v) is 10.2. The van der Waals surface area contributed by atoms with Gasteiger partial charge in [-0.2, -0.15) is 9.87 Å². The number of hydroxylamine groups is 1. The number of hydrogen-bond donors (Lipinski definition) is 3. The normalized spacial score (nSPS) is 22.1. The Labute approximate surface area is 112 Å². The molecule has 8 heteroatoms. The summed E-state index contributed by atoms with van der Waals surface area (Å²) >= 11 is 0. The molecule has 1 heterocycles. The standard InChI is InChI=1S/C12H12F2N2O4/c13-6-2-1-3-8(10(6)14)20-16-12(19)9-7(17)4-5-15-11(9)18/h1-3,7,9,17H,4-5H2,(H,15,18)(H,16,19). The second-order valence-corrected chi connectivity index (χ2v) is 4.25. The van der Waals surface area contributed by atoms with Gasteiger partial charge in [-0.05, 0) is 18.6 Å². The van der Waals surface area contributed by atoms with E-state index in [-0.39, 0.29) is 13.0 Å². The van der Waals surface area contributed by atoms with Crippen LogP contribution in [0.25, 0.3) is 0 Å². The summed E-state index contributed by atoms with van der Waals surface area (Å²) < 4.78 is 26.2. The van der Waals surface area contributed by atoms with E-state index >= 15 is 0 Å². The molecule has 1 aliphatic heterocycles. The molecule has 2 amide bonds. The van der Waals surface area contributed by atoms with E-state index in [4.69, 9.17) is 0 Å². The van der Waals surface area contributed by atoms with Crippen molar-refractivity contribution < 1.29 is 28.3 Å². The van der Waals surface area contributed by atoms with Gasteiger partial charge in [0.1, 0.15) is 5.92 Å². The van der Waals surface area contributed by atoms with Crippen LogP contribution in [0.2, 0.25) is 0 Å². The summed E-state index contributed by atoms with van der Waals surface area (Å²) in [6, 6.07) is 3.19. The van der Waals surface area contributed by atoms with E-state index in [1.807, 2.05) is 5.48 Å². The quantitative estimate of drug-likeness (QED) is 0.533. The van der Waals surface area contributed by atoms with Gasteiger partial charge in [-0.3, -0.25) is 9.59 Å². The van der Waals surface area contributed by atoms with Crippen molar-refractivity contribution in [3.05, 3.63) is 29.8 Å². The van der Waals surface area contributed by atoms with Crippen molar-refractivity contribution in [2.45, 2.75) is 12.5 Å². The van der Waals surface area contributed by atoms with Crippen LogP contribution in [0, 0.1) is 17.6 Å². The molecule has 0 aliphatic carbocycles. The number of hydrogen-bond acceptors (Lipinski definition) is 4. The lowest BCUT2D eigenvalue weighted by Gasteiger charge is -2.25. The van der Waals surface area contributed by atoms with Crippen LogP contribution < -0.4 is 15.6 Å². The molecule has 1 fully saturated rings. The molecule has 1 aromatic rings. The van der Waals surface area contributed by atoms with Gasteiger partial charge in [-0.1, -0.05) is 6.07 Å². The number of halogens is 2. The topological polar surface area (TPSA) is 87.7 Å². The first kappa shape index (κ1) is 14.2. The van der Waals surface area contributed by atoms with Crippen LogP contribution in [0.4, 0.5) is 8.78 Å². The van der Waals surface area contributed by atoms with Crippen LogP contribution in [0.5, 0.6) is 5.75 Å². The lowest BCUT2D eigenvalue weighted by molar-refractivity contribution is -0.146. The molecule has 0 aromatic heterocycles. The fourth-order valence-corrected chi connectivity index (χ4v) is 1.82. The van der Waals surface area contributed by atoms with E-state index in [1.165, 1.54) is 6.07 Å². The van der Waals surface area contributed by atoms with E-state index in [9.17, 15) is 23.5 Å². The second-order valence-electron chi connectivity index (χ2n) is 4.25. The van der Waals surface area contributed by atoms with Crippen LogP contribution in [-0.4, -0.2) is 29.6 Å². The van der Waals surface area contributed by atoms with E-state index in [0.717, 1.165) is 12.1 Å². The smallest absolute Gasteiger partial charge is 0.267 e. The zero-order chi connectivity index (χ0) is 14.7. The Hall–Kier alpha value is -2.22. The van der Waals surface area contributed by atoms with Crippen molar-refractivity contribution in [3.63, 3.8) is 0 Å². The number of benzene rings is 1. The van der Waals surface area contributed by atoms with E-state index in [0.29, 0.717) is 0 Å². The molecule has 0 bridgehead atoms. The van der Waals surface area contributed by atoms with Crippen molar-refractivity contribution in [2.75, 3.05) is 6.54 Å². The van der Waals surface area contributed by atoms with Crippen LogP contribution in [-0.2, 0) is 9.59 Å². The predicted molar refractivity (Wildman–Crippen MR) is 62.3 cm³/mol. The average Bonchev–Trinajstić information content (AvgIpc) is 2.40. The van der Waals surface area contributed by atoms with Gasteiger partial charge in [-0.15, -0.1) is 0 Å². The number of nitrogens with one attached hydrogen (secondary N) is 2. The molecule has 0 radical (unpaired) electrons. The van der Waals surface area contributed by atoms with Crippen molar-refractivity contribution in [2.24, 2.45) is 5.92 Å². The zero-order valence-electron chi connectivity index (χ0n) is 10.2. The summed E-state index contributed by atoms with van der Waals surface area (Å²) in [5, 5.41) is 12.0. The van der Waals surface area contributed by atoms with E-state index < -0.39 is 41.2 Å². The highest BCUT2D eigenvalue weighted by Crippen LogP contribution is 2.19. The molecule has 2 atom stereocenters. The molecule has 0 spiro atoms. The molecule has 2 unspecified atom stereocenters. The lowest BCUT2D eigenvalue weighted by atomic mass is 9.95. The third kappa shape index (κ3) is 2.85. The Morgan fingerprint density at radius 2 is 2.20 bits per heavy atom. The first-order valence-electron chi connectivity index (χ1n) is 5.87. The summed E-state index contributed by atoms with van der Waals surface area (Å²) in [5.74, 6) is -5.85. The fraction of sp³-hybridized carbons (Fsp3) is 0.333. The molecular weight excluding hydrogens is 274 g/mol. The minimum Gasteiger partial charge on any atom is -0.392 e. The average molecular weight is 286 g/mol. The van der Waals surface area contributed by atoms with Gasteiger partial charge in [-0.25, -0.2) is 4.39 Å². The second kappa shape index (κ2) is 5.83. The SMILES string of the molecule is O=C1NCCC(O)C1C(=O)NOc1cccc(F)c1F. The highest BCUT2D eigenvalue weighted by Gasteiger charge is 2.37. The summed E-state index contributed by atoms with van der Waals surface area (Å²) in [6.07, 6.45) is -0.928. The largest absolute Gasteiger partial charge is 0.392 e. The first-order chi connectivity index (χ1) is 9.50. The van der Waals surface area contributed by atoms with E-state index in [2.05, 4.69) is 10.2 Å². The summed E-state index contributed by atoms with van der Waals surface area (Å²) in [7, 11) is 0. The van der Waals surface area contributed by atoms with Crippen molar-refractivity contribution in [3.8, 4) is 5.75 Å². The number of rotatable bonds is 3. The van der Waals surface area contributed by atoms with Gasteiger partial charge in [0.15, 0.2) is 11.6 Å². The maximum Gasteiger partial charge on any atom is 0.267 e. The van der Waals surface area contributed by atoms with Crippen molar-refractivity contribution >= 4 is 11.8 Å². The number of carbonyl (C=O) groups is 2. The Morgan fingerprint density at radius 1 is 1.45 bits per heavy atom. The van der Waals surface area contributed by atoms with Crippen LogP contribution in [0.1, 0.15) is 6.42 Å². The molecular formula is C12H12F2N2O4. The van der Waals surface area contributed by atoms with Gasteiger partial charge < -0.3 is 15.3 Å². The third-order valence-electron chi connectivity index (χ3n) is 2.87. The summed E-state index contributed by atoms with van der Waals surface area (Å²) in [4.78, 5) is 27.8. The maximum absolute atomic E-state index is 13.3. The molecule has 1 aromatic carbocycles. The van der Waals surface area contributed by atoms with Crippen LogP contribution in [0.3, 0.4) is 0 Å². The van der Waals surface area contributed by atoms with Gasteiger partial charge in [0.25, 0.3) is 5.91 Å². The summed E-state index contributed by atoms with van der Waals surface area (Å²) in [6.45, 7) is 0.267. The third-order valence-corrected chi connectivity index (χ3v) is 2.87. The lowest BCUT2D eigenvalue weighted by Crippen LogP contribution is -2.52. The fourth-order valence-electron chi connectivity index (χ4n) is 1.82. The predicted octanol–water partition coefficient (Wildman–Crippen LogP) is -0.128. The highest BCUT2D eigenvalue weighted by molar-refractivity contribution is 6.01. The van der Waals surface area contributed by atoms with E-state index in [1.54, 1.807) is 0 Å². The van der Waals surface area contributed by atoms with Gasteiger partial charge in [0, 0.05) is 6.54 Å². The Morgan fingerprint density at radius 3 is 2.90 bits per heavy atom. The Bertz CT molecular complexity index is 538. The molecule has 108 valence electrons. The molecule has 0 saturated carbocycles. The minimum atomic E-state index is -1.35. The van der Waals surface area contributed by atoms with Gasteiger partial charge in [0.2, 0.25) is 11.7 Å². The molecule has 1 saturated heterocycles. The number of aliphatic hydroxyl groups excluding tert-OH is 1. The Balaban J connectivity index is 2.01. The van der Waals surface area contributed by atoms with Gasteiger partial charge in [0.05, 0.1) is 6.10 Å². The molecule has 1 aliphatic rings. The van der Waals surface area contributed by atoms with Crippen molar-refractivity contribution in [1.82, 2.24) is 10.8 Å². The van der Waals surface area contributed by atoms with Crippen molar-refractivity contribution in [1.29, 1.82) is 0 Å². The minimum absolute atomic E-state index is 0.220. The van der Waals surface area contributed by atoms with Gasteiger partial charge >= 0.3 is 0 Å². The molecule has 20 heavy (non-hydrogen) atoms. The monoisotopic (exact) mass is 286 g/mol. The molecule has 6 nitrogen and oxygen atoms in total. The number of aliphatic hydroxyl groups is 1. The maximum atomic E-state index is 13.3. The highest BCUT2D eigenvalue weighted by atomic mass is 19.2. The van der Waals surface area contributed by atoms with Crippen LogP contribution >= 0.6 is 0 Å². The number of amides is 2. The first-order valence-corrected chi connectivity index (χ1v) is 5.87. The molecule has 2 rings (SSSR count). The van der Waals surface area contributed by atoms with Crippen LogP contribution in [0.15, 0.2) is 18.2 Å². The number of carbonyl (C=O) groups excluding carboxylic acids is 2. The Kier molecular flexibility index (Phi) is 4.14.